The summed E-state index contributed by atoms with van der Waals surface area (Å²) >= 11 is 0. The summed E-state index contributed by atoms with van der Waals surface area (Å²) in [5.41, 5.74) is 5.63. The first-order valence-corrected chi connectivity index (χ1v) is 7.43. The third-order valence-electron chi connectivity index (χ3n) is 2.77. The minimum Gasteiger partial charge on any atom is -0.378 e. The Morgan fingerprint density at radius 2 is 2.27 bits per heavy atom. The van der Waals surface area contributed by atoms with Crippen molar-refractivity contribution in [2.45, 2.75) is 44.8 Å². The molecule has 1 aliphatic rings. The smallest absolute Gasteiger partial charge is 0.151 e. The van der Waals surface area contributed by atoms with Gasteiger partial charge < -0.3 is 10.5 Å². The van der Waals surface area contributed by atoms with E-state index in [9.17, 15) is 8.42 Å². The van der Waals surface area contributed by atoms with Crippen LogP contribution >= 0.6 is 0 Å². The van der Waals surface area contributed by atoms with E-state index in [0.717, 1.165) is 19.4 Å². The predicted molar refractivity (Wildman–Crippen MR) is 60.5 cm³/mol. The maximum atomic E-state index is 11.6. The molecule has 0 aromatic heterocycles. The molecule has 2 atom stereocenters. The number of ether oxygens (including phenoxy) is 1. The van der Waals surface area contributed by atoms with E-state index >= 15 is 0 Å². The molecule has 1 rings (SSSR count). The summed E-state index contributed by atoms with van der Waals surface area (Å²) in [6, 6.07) is -0.223. The van der Waals surface area contributed by atoms with Gasteiger partial charge in [0.25, 0.3) is 0 Å². The van der Waals surface area contributed by atoms with E-state index in [2.05, 4.69) is 0 Å². The van der Waals surface area contributed by atoms with Crippen molar-refractivity contribution >= 4 is 9.84 Å². The Hall–Kier alpha value is -0.130. The van der Waals surface area contributed by atoms with Gasteiger partial charge in [0.1, 0.15) is 0 Å². The molecule has 0 spiro atoms. The lowest BCUT2D eigenvalue weighted by Crippen LogP contribution is -2.30. The Labute approximate surface area is 92.1 Å². The van der Waals surface area contributed by atoms with Crippen molar-refractivity contribution in [3.63, 3.8) is 0 Å². The van der Waals surface area contributed by atoms with Crippen LogP contribution in [0, 0.1) is 0 Å². The zero-order chi connectivity index (χ0) is 11.3. The van der Waals surface area contributed by atoms with Crippen LogP contribution in [0.3, 0.4) is 0 Å². The lowest BCUT2D eigenvalue weighted by atomic mass is 10.2. The molecule has 2 N–H and O–H groups in total. The Kier molecular flexibility index (Phi) is 5.02. The Bertz CT molecular complexity index is 270. The molecular formula is C10H21NO3S. The van der Waals surface area contributed by atoms with Gasteiger partial charge in [0.2, 0.25) is 0 Å². The fraction of sp³-hybridized carbons (Fsp3) is 1.00. The minimum absolute atomic E-state index is 0.107. The minimum atomic E-state index is -2.99. The average Bonchev–Trinajstić information content (AvgIpc) is 2.66. The van der Waals surface area contributed by atoms with Crippen molar-refractivity contribution in [1.29, 1.82) is 0 Å². The molecule has 1 aliphatic heterocycles. The molecule has 90 valence electrons. The van der Waals surface area contributed by atoms with Crippen LogP contribution in [0.2, 0.25) is 0 Å². The fourth-order valence-corrected chi connectivity index (χ4v) is 3.39. The molecule has 1 fully saturated rings. The molecule has 0 radical (unpaired) electrons. The van der Waals surface area contributed by atoms with E-state index in [4.69, 9.17) is 10.5 Å². The van der Waals surface area contributed by atoms with E-state index in [1.807, 2.05) is 6.92 Å². The van der Waals surface area contributed by atoms with Crippen molar-refractivity contribution in [3.8, 4) is 0 Å². The number of hydrogen-bond donors (Lipinski definition) is 1. The van der Waals surface area contributed by atoms with E-state index in [0.29, 0.717) is 12.8 Å². The highest BCUT2D eigenvalue weighted by Crippen LogP contribution is 2.16. The first kappa shape index (κ1) is 12.9. The quantitative estimate of drug-likeness (QED) is 0.736. The van der Waals surface area contributed by atoms with Crippen LogP contribution < -0.4 is 5.73 Å². The average molecular weight is 235 g/mol. The van der Waals surface area contributed by atoms with Gasteiger partial charge in [-0.25, -0.2) is 8.42 Å². The second-order valence-corrected chi connectivity index (χ2v) is 6.44. The van der Waals surface area contributed by atoms with E-state index in [-0.39, 0.29) is 23.7 Å². The van der Waals surface area contributed by atoms with Gasteiger partial charge in [-0.05, 0) is 25.7 Å². The zero-order valence-electron chi connectivity index (χ0n) is 9.31. The predicted octanol–water partition coefficient (Wildman–Crippen LogP) is 0.708. The summed E-state index contributed by atoms with van der Waals surface area (Å²) in [7, 11) is -2.99. The third-order valence-corrected chi connectivity index (χ3v) is 4.56. The molecule has 0 saturated carbocycles. The molecule has 0 aliphatic carbocycles. The molecule has 0 aromatic carbocycles. The summed E-state index contributed by atoms with van der Waals surface area (Å²) < 4.78 is 28.6. The van der Waals surface area contributed by atoms with Crippen LogP contribution in [0.15, 0.2) is 0 Å². The normalized spacial score (nSPS) is 24.3. The largest absolute Gasteiger partial charge is 0.378 e. The molecule has 0 amide bonds. The second-order valence-electron chi connectivity index (χ2n) is 4.21. The van der Waals surface area contributed by atoms with Crippen LogP contribution in [0.5, 0.6) is 0 Å². The molecule has 2 unspecified atom stereocenters. The summed E-state index contributed by atoms with van der Waals surface area (Å²) in [6.45, 7) is 2.68. The third kappa shape index (κ3) is 4.95. The molecular weight excluding hydrogens is 214 g/mol. The first-order chi connectivity index (χ1) is 7.03. The molecule has 1 saturated heterocycles. The lowest BCUT2D eigenvalue weighted by molar-refractivity contribution is 0.109. The summed E-state index contributed by atoms with van der Waals surface area (Å²) in [5.74, 6) is 0.321. The monoisotopic (exact) mass is 235 g/mol. The van der Waals surface area contributed by atoms with Gasteiger partial charge in [-0.1, -0.05) is 6.92 Å². The maximum Gasteiger partial charge on any atom is 0.151 e. The number of sulfone groups is 1. The molecule has 0 aromatic rings. The zero-order valence-corrected chi connectivity index (χ0v) is 10.1. The van der Waals surface area contributed by atoms with Gasteiger partial charge >= 0.3 is 0 Å². The van der Waals surface area contributed by atoms with Crippen molar-refractivity contribution in [2.75, 3.05) is 18.1 Å². The van der Waals surface area contributed by atoms with Gasteiger partial charge in [0.15, 0.2) is 9.84 Å². The van der Waals surface area contributed by atoms with Crippen molar-refractivity contribution in [3.05, 3.63) is 0 Å². The van der Waals surface area contributed by atoms with Gasteiger partial charge in [-0.3, -0.25) is 0 Å². The van der Waals surface area contributed by atoms with Gasteiger partial charge in [0, 0.05) is 12.6 Å². The summed E-state index contributed by atoms with van der Waals surface area (Å²) in [5, 5.41) is 0. The number of hydrogen-bond acceptors (Lipinski definition) is 4. The highest BCUT2D eigenvalue weighted by Gasteiger charge is 2.20. The highest BCUT2D eigenvalue weighted by molar-refractivity contribution is 7.91. The van der Waals surface area contributed by atoms with Gasteiger partial charge in [-0.2, -0.15) is 0 Å². The van der Waals surface area contributed by atoms with Crippen molar-refractivity contribution in [2.24, 2.45) is 5.73 Å². The Morgan fingerprint density at radius 1 is 1.53 bits per heavy atom. The van der Waals surface area contributed by atoms with E-state index in [1.165, 1.54) is 0 Å². The molecule has 4 nitrogen and oxygen atoms in total. The van der Waals surface area contributed by atoms with Crippen LogP contribution in [0.4, 0.5) is 0 Å². The Balaban J connectivity index is 2.29. The molecule has 0 bridgehead atoms. The first-order valence-electron chi connectivity index (χ1n) is 5.61. The van der Waals surface area contributed by atoms with Crippen molar-refractivity contribution < 1.29 is 13.2 Å². The molecule has 5 heteroatoms. The van der Waals surface area contributed by atoms with Crippen LogP contribution in [-0.4, -0.2) is 38.7 Å². The lowest BCUT2D eigenvalue weighted by Gasteiger charge is -2.12. The van der Waals surface area contributed by atoms with Crippen molar-refractivity contribution in [1.82, 2.24) is 0 Å². The Morgan fingerprint density at radius 3 is 2.80 bits per heavy atom. The number of rotatable bonds is 6. The second kappa shape index (κ2) is 5.82. The van der Waals surface area contributed by atoms with Gasteiger partial charge in [0.05, 0.1) is 17.6 Å². The number of nitrogens with two attached hydrogens (primary N) is 1. The topological polar surface area (TPSA) is 69.4 Å². The SMILES string of the molecule is CCC(N)CS(=O)(=O)CCC1CCCO1. The summed E-state index contributed by atoms with van der Waals surface area (Å²) in [6.07, 6.45) is 3.53. The highest BCUT2D eigenvalue weighted by atomic mass is 32.2. The standard InChI is InChI=1S/C10H21NO3S/c1-2-9(11)8-15(12,13)7-5-10-4-3-6-14-10/h9-10H,2-8,11H2,1H3. The molecule has 15 heavy (non-hydrogen) atoms. The van der Waals surface area contributed by atoms with Crippen LogP contribution in [0.1, 0.15) is 32.6 Å². The van der Waals surface area contributed by atoms with E-state index in [1.54, 1.807) is 0 Å². The van der Waals surface area contributed by atoms with Crippen LogP contribution in [-0.2, 0) is 14.6 Å². The summed E-state index contributed by atoms with van der Waals surface area (Å²) in [4.78, 5) is 0. The van der Waals surface area contributed by atoms with E-state index < -0.39 is 9.84 Å². The molecule has 1 heterocycles. The van der Waals surface area contributed by atoms with Gasteiger partial charge in [-0.15, -0.1) is 0 Å². The fourth-order valence-electron chi connectivity index (χ4n) is 1.71. The maximum absolute atomic E-state index is 11.6. The van der Waals surface area contributed by atoms with Crippen LogP contribution in [0.25, 0.3) is 0 Å².